The Kier molecular flexibility index (Phi) is 6.42. The molecule has 0 saturated carbocycles. The summed E-state index contributed by atoms with van der Waals surface area (Å²) in [4.78, 5) is 8.43. The molecule has 0 atom stereocenters. The third-order valence-corrected chi connectivity index (χ3v) is 3.30. The molecule has 0 aliphatic carbocycles. The average molecular weight is 341 g/mol. The van der Waals surface area contributed by atoms with Crippen LogP contribution >= 0.6 is 0 Å². The maximum absolute atomic E-state index is 13.3. The molecule has 132 valence electrons. The smallest absolute Gasteiger partial charge is 0.141 e. The van der Waals surface area contributed by atoms with Crippen LogP contribution in [-0.4, -0.2) is 15.1 Å². The predicted octanol–water partition coefficient (Wildman–Crippen LogP) is 4.98. The van der Waals surface area contributed by atoms with Gasteiger partial charge in [0.25, 0.3) is 0 Å². The van der Waals surface area contributed by atoms with Crippen LogP contribution in [0, 0.1) is 18.7 Å². The minimum Gasteiger partial charge on any atom is -0.392 e. The molecule has 2 N–H and O–H groups in total. The first kappa shape index (κ1) is 18.8. The third kappa shape index (κ3) is 5.22. The lowest BCUT2D eigenvalue weighted by atomic mass is 10.1. The zero-order valence-corrected chi connectivity index (χ0v) is 15.0. The molecule has 0 spiro atoms. The molecule has 25 heavy (non-hydrogen) atoms. The van der Waals surface area contributed by atoms with E-state index >= 15 is 0 Å². The molecule has 0 radical (unpaired) electrons. The molecule has 1 heterocycles. The van der Waals surface area contributed by atoms with Gasteiger partial charge in [-0.1, -0.05) is 26.8 Å². The summed E-state index contributed by atoms with van der Waals surface area (Å²) < 4.78 is 13.3. The summed E-state index contributed by atoms with van der Waals surface area (Å²) in [6.45, 7) is 8.19. The van der Waals surface area contributed by atoms with Crippen LogP contribution in [0.25, 0.3) is 10.9 Å². The molecule has 1 aromatic heterocycles. The van der Waals surface area contributed by atoms with E-state index in [1.165, 1.54) is 12.4 Å². The number of rotatable bonds is 3. The third-order valence-electron chi connectivity index (χ3n) is 3.30. The lowest BCUT2D eigenvalue weighted by Crippen LogP contribution is -1.97. The van der Waals surface area contributed by atoms with E-state index in [4.69, 9.17) is 5.11 Å². The number of hydrogen-bond acceptors (Lipinski definition) is 4. The highest BCUT2D eigenvalue weighted by atomic mass is 19.1. The largest absolute Gasteiger partial charge is 0.392 e. The van der Waals surface area contributed by atoms with Crippen LogP contribution in [0.15, 0.2) is 42.7 Å². The van der Waals surface area contributed by atoms with Crippen molar-refractivity contribution in [1.29, 1.82) is 0 Å². The number of nitrogens with zero attached hydrogens (tertiary/aromatic N) is 2. The molecule has 2 aromatic carbocycles. The van der Waals surface area contributed by atoms with E-state index in [1.54, 1.807) is 19.1 Å². The number of fused-ring (bicyclic) bond motifs is 1. The number of anilines is 2. The predicted molar refractivity (Wildman–Crippen MR) is 100 cm³/mol. The van der Waals surface area contributed by atoms with Crippen LogP contribution < -0.4 is 5.32 Å². The average Bonchev–Trinajstić information content (AvgIpc) is 2.57. The fourth-order valence-corrected chi connectivity index (χ4v) is 2.16. The molecule has 4 nitrogen and oxygen atoms in total. The minimum atomic E-state index is -0.235. The fraction of sp³-hybridized carbons (Fsp3) is 0.300. The fourth-order valence-electron chi connectivity index (χ4n) is 2.16. The second-order valence-corrected chi connectivity index (χ2v) is 6.55. The van der Waals surface area contributed by atoms with Crippen molar-refractivity contribution in [2.75, 3.05) is 5.32 Å². The van der Waals surface area contributed by atoms with Gasteiger partial charge in [0.05, 0.1) is 12.1 Å². The Balaban J connectivity index is 0.000000511. The molecule has 5 heteroatoms. The lowest BCUT2D eigenvalue weighted by molar-refractivity contribution is 0.282. The molecular weight excluding hydrogens is 317 g/mol. The molecule has 0 amide bonds. The van der Waals surface area contributed by atoms with Gasteiger partial charge in [0.2, 0.25) is 0 Å². The number of aliphatic hydroxyl groups excluding tert-OH is 1. The van der Waals surface area contributed by atoms with Gasteiger partial charge in [-0.15, -0.1) is 0 Å². The van der Waals surface area contributed by atoms with Crippen LogP contribution in [-0.2, 0) is 6.61 Å². The van der Waals surface area contributed by atoms with Gasteiger partial charge in [-0.05, 0) is 54.3 Å². The highest BCUT2D eigenvalue weighted by molar-refractivity contribution is 5.90. The zero-order valence-electron chi connectivity index (χ0n) is 15.0. The second-order valence-electron chi connectivity index (χ2n) is 6.55. The first-order valence-corrected chi connectivity index (χ1v) is 8.28. The summed E-state index contributed by atoms with van der Waals surface area (Å²) in [5.74, 6) is 1.25. The van der Waals surface area contributed by atoms with Crippen molar-refractivity contribution < 1.29 is 9.50 Å². The molecule has 3 aromatic rings. The van der Waals surface area contributed by atoms with Crippen molar-refractivity contribution in [2.24, 2.45) is 5.92 Å². The van der Waals surface area contributed by atoms with Gasteiger partial charge in [-0.25, -0.2) is 14.4 Å². The minimum absolute atomic E-state index is 0.0279. The molecule has 3 rings (SSSR count). The van der Waals surface area contributed by atoms with Crippen molar-refractivity contribution in [1.82, 2.24) is 9.97 Å². The van der Waals surface area contributed by atoms with Crippen LogP contribution in [0.1, 0.15) is 31.9 Å². The van der Waals surface area contributed by atoms with Crippen LogP contribution in [0.5, 0.6) is 0 Å². The standard InChI is InChI=1S/C16H14FN3O.C4H10/c1-10-6-12(3-5-14(10)17)20-16-13-4-2-11(8-21)7-15(13)18-9-19-16;1-4(2)3/h2-7,9,21H,8H2,1H3,(H,18,19,20);4H,1-3H3. The Morgan fingerprint density at radius 2 is 1.80 bits per heavy atom. The van der Waals surface area contributed by atoms with Gasteiger partial charge in [0.1, 0.15) is 18.0 Å². The van der Waals surface area contributed by atoms with Gasteiger partial charge in [0, 0.05) is 11.1 Å². The van der Waals surface area contributed by atoms with Crippen molar-refractivity contribution in [3.63, 3.8) is 0 Å². The van der Waals surface area contributed by atoms with E-state index in [1.807, 2.05) is 18.2 Å². The Hall–Kier alpha value is -2.53. The molecular formula is C20H24FN3O. The summed E-state index contributed by atoms with van der Waals surface area (Å²) >= 11 is 0. The molecule has 0 aliphatic rings. The van der Waals surface area contributed by atoms with E-state index in [0.717, 1.165) is 28.1 Å². The Labute approximate surface area is 147 Å². The first-order chi connectivity index (χ1) is 11.9. The monoisotopic (exact) mass is 341 g/mol. The molecule has 0 bridgehead atoms. The topological polar surface area (TPSA) is 58.0 Å². The van der Waals surface area contributed by atoms with Crippen molar-refractivity contribution in [3.05, 3.63) is 59.7 Å². The maximum Gasteiger partial charge on any atom is 0.141 e. The van der Waals surface area contributed by atoms with Crippen LogP contribution in [0.4, 0.5) is 15.9 Å². The summed E-state index contributed by atoms with van der Waals surface area (Å²) in [7, 11) is 0. The highest BCUT2D eigenvalue weighted by Gasteiger charge is 2.06. The number of aromatic nitrogens is 2. The zero-order chi connectivity index (χ0) is 18.4. The summed E-state index contributed by atoms with van der Waals surface area (Å²) in [6, 6.07) is 10.3. The van der Waals surface area contributed by atoms with Gasteiger partial charge in [-0.2, -0.15) is 0 Å². The van der Waals surface area contributed by atoms with Crippen molar-refractivity contribution in [3.8, 4) is 0 Å². The quantitative estimate of drug-likeness (QED) is 0.706. The van der Waals surface area contributed by atoms with Gasteiger partial charge >= 0.3 is 0 Å². The maximum atomic E-state index is 13.3. The number of nitrogens with one attached hydrogen (secondary N) is 1. The summed E-state index contributed by atoms with van der Waals surface area (Å²) in [5.41, 5.74) is 2.88. The number of halogens is 1. The molecule has 0 fully saturated rings. The van der Waals surface area contributed by atoms with Crippen molar-refractivity contribution >= 4 is 22.4 Å². The highest BCUT2D eigenvalue weighted by Crippen LogP contribution is 2.24. The summed E-state index contributed by atoms with van der Waals surface area (Å²) in [5, 5.41) is 13.2. The number of benzene rings is 2. The van der Waals surface area contributed by atoms with Gasteiger partial charge < -0.3 is 10.4 Å². The van der Waals surface area contributed by atoms with E-state index in [0.29, 0.717) is 11.4 Å². The Morgan fingerprint density at radius 3 is 2.44 bits per heavy atom. The van der Waals surface area contributed by atoms with Gasteiger partial charge in [0.15, 0.2) is 0 Å². The van der Waals surface area contributed by atoms with Crippen LogP contribution in [0.2, 0.25) is 0 Å². The van der Waals surface area contributed by atoms with E-state index in [-0.39, 0.29) is 12.4 Å². The van der Waals surface area contributed by atoms with E-state index in [2.05, 4.69) is 36.1 Å². The first-order valence-electron chi connectivity index (χ1n) is 8.28. The number of aliphatic hydroxyl groups is 1. The SMILES string of the molecule is CC(C)C.Cc1cc(Nc2ncnc3cc(CO)ccc23)ccc1F. The summed E-state index contributed by atoms with van der Waals surface area (Å²) in [6.07, 6.45) is 1.46. The number of aryl methyl sites for hydroxylation is 1. The van der Waals surface area contributed by atoms with Gasteiger partial charge in [-0.3, -0.25) is 0 Å². The molecule has 0 saturated heterocycles. The van der Waals surface area contributed by atoms with Crippen LogP contribution in [0.3, 0.4) is 0 Å². The second kappa shape index (κ2) is 8.53. The number of hydrogen-bond donors (Lipinski definition) is 2. The lowest BCUT2D eigenvalue weighted by Gasteiger charge is -2.09. The Bertz CT molecular complexity index is 847. The van der Waals surface area contributed by atoms with Crippen molar-refractivity contribution in [2.45, 2.75) is 34.3 Å². The molecule has 0 aliphatic heterocycles. The normalized spacial score (nSPS) is 10.5. The van der Waals surface area contributed by atoms with E-state index in [9.17, 15) is 4.39 Å². The molecule has 0 unspecified atom stereocenters. The van der Waals surface area contributed by atoms with E-state index < -0.39 is 0 Å². The Morgan fingerprint density at radius 1 is 1.08 bits per heavy atom.